The van der Waals surface area contributed by atoms with E-state index >= 15 is 0 Å². The number of carbonyl (C=O) groups is 1. The van der Waals surface area contributed by atoms with Gasteiger partial charge in [0.2, 0.25) is 0 Å². The normalized spacial score (nSPS) is 10.3. The van der Waals surface area contributed by atoms with E-state index in [-0.39, 0.29) is 15.7 Å². The van der Waals surface area contributed by atoms with Gasteiger partial charge >= 0.3 is 0 Å². The molecular weight excluding hydrogens is 325 g/mol. The molecule has 0 aliphatic carbocycles. The summed E-state index contributed by atoms with van der Waals surface area (Å²) in [5, 5.41) is 2.09. The maximum atomic E-state index is 13.5. The molecule has 0 radical (unpaired) electrons. The fraction of sp³-hybridized carbons (Fsp3) is 0. The van der Waals surface area contributed by atoms with Crippen molar-refractivity contribution in [1.82, 2.24) is 4.98 Å². The molecule has 1 aromatic carbocycles. The first-order valence-electron chi connectivity index (χ1n) is 5.04. The first kappa shape index (κ1) is 13.5. The zero-order valence-electron chi connectivity index (χ0n) is 9.25. The Kier molecular flexibility index (Phi) is 3.84. The van der Waals surface area contributed by atoms with Gasteiger partial charge < -0.3 is 5.32 Å². The van der Waals surface area contributed by atoms with E-state index in [4.69, 9.17) is 0 Å². The molecule has 7 heteroatoms. The minimum Gasteiger partial charge on any atom is -0.319 e. The predicted molar refractivity (Wildman–Crippen MR) is 66.2 cm³/mol. The molecule has 2 aromatic rings. The Bertz CT molecular complexity index is 649. The van der Waals surface area contributed by atoms with E-state index in [0.29, 0.717) is 0 Å². The predicted octanol–water partition coefficient (Wildman–Crippen LogP) is 3.51. The molecule has 0 fully saturated rings. The third-order valence-electron chi connectivity index (χ3n) is 2.28. The average molecular weight is 331 g/mol. The lowest BCUT2D eigenvalue weighted by atomic mass is 10.2. The Labute approximate surface area is 114 Å². The molecule has 1 aromatic heterocycles. The molecule has 0 bridgehead atoms. The lowest BCUT2D eigenvalue weighted by Crippen LogP contribution is -2.15. The van der Waals surface area contributed by atoms with Gasteiger partial charge in [-0.05, 0) is 28.1 Å². The fourth-order valence-corrected chi connectivity index (χ4v) is 1.68. The summed E-state index contributed by atoms with van der Waals surface area (Å²) in [5.74, 6) is -3.32. The molecule has 1 N–H and O–H groups in total. The van der Waals surface area contributed by atoms with E-state index in [1.165, 1.54) is 6.20 Å². The average Bonchev–Trinajstić information content (AvgIpc) is 2.36. The van der Waals surface area contributed by atoms with Crippen LogP contribution in [0.2, 0.25) is 0 Å². The number of carbonyl (C=O) groups excluding carboxylic acids is 1. The van der Waals surface area contributed by atoms with Crippen LogP contribution in [0.1, 0.15) is 10.4 Å². The van der Waals surface area contributed by atoms with Crippen LogP contribution < -0.4 is 5.32 Å². The molecule has 0 saturated heterocycles. The van der Waals surface area contributed by atoms with Gasteiger partial charge in [-0.3, -0.25) is 9.78 Å². The Hall–Kier alpha value is -1.89. The summed E-state index contributed by atoms with van der Waals surface area (Å²) in [6, 6.07) is 2.81. The highest BCUT2D eigenvalue weighted by atomic mass is 79.9. The van der Waals surface area contributed by atoms with Crippen LogP contribution in [-0.4, -0.2) is 10.9 Å². The molecule has 1 amide bonds. The summed E-state index contributed by atoms with van der Waals surface area (Å²) in [4.78, 5) is 15.2. The van der Waals surface area contributed by atoms with E-state index in [2.05, 4.69) is 26.2 Å². The second-order valence-corrected chi connectivity index (χ2v) is 4.41. The molecule has 98 valence electrons. The molecular formula is C12H6BrF3N2O. The number of pyridine rings is 1. The van der Waals surface area contributed by atoms with E-state index in [1.807, 2.05) is 0 Å². The van der Waals surface area contributed by atoms with Crippen molar-refractivity contribution >= 4 is 27.5 Å². The SMILES string of the molecule is O=C(Nc1cc(F)c(Br)cc1F)c1ccncc1F. The maximum absolute atomic E-state index is 13.5. The molecule has 0 spiro atoms. The van der Waals surface area contributed by atoms with Gasteiger partial charge in [-0.2, -0.15) is 0 Å². The van der Waals surface area contributed by atoms with Gasteiger partial charge in [0.1, 0.15) is 11.6 Å². The number of benzene rings is 1. The van der Waals surface area contributed by atoms with Crippen LogP contribution in [-0.2, 0) is 0 Å². The van der Waals surface area contributed by atoms with Crippen molar-refractivity contribution in [1.29, 1.82) is 0 Å². The van der Waals surface area contributed by atoms with E-state index in [0.717, 1.165) is 24.4 Å². The minimum absolute atomic E-state index is 0.0712. The van der Waals surface area contributed by atoms with Crippen LogP contribution in [0.5, 0.6) is 0 Å². The first-order valence-corrected chi connectivity index (χ1v) is 5.83. The Morgan fingerprint density at radius 3 is 2.58 bits per heavy atom. The highest BCUT2D eigenvalue weighted by molar-refractivity contribution is 9.10. The topological polar surface area (TPSA) is 42.0 Å². The van der Waals surface area contributed by atoms with Gasteiger partial charge in [0.25, 0.3) is 5.91 Å². The molecule has 0 saturated carbocycles. The molecule has 3 nitrogen and oxygen atoms in total. The van der Waals surface area contributed by atoms with Crippen LogP contribution in [0.4, 0.5) is 18.9 Å². The molecule has 0 aliphatic heterocycles. The fourth-order valence-electron chi connectivity index (χ4n) is 1.37. The summed E-state index contributed by atoms with van der Waals surface area (Å²) in [7, 11) is 0. The summed E-state index contributed by atoms with van der Waals surface area (Å²) in [5.41, 5.74) is -0.681. The smallest absolute Gasteiger partial charge is 0.258 e. The Balaban J connectivity index is 2.30. The Morgan fingerprint density at radius 2 is 1.89 bits per heavy atom. The molecule has 2 rings (SSSR count). The van der Waals surface area contributed by atoms with E-state index < -0.39 is 23.4 Å². The standard InChI is InChI=1S/C12H6BrF3N2O/c13-7-3-9(15)11(4-8(7)14)18-12(19)6-1-2-17-5-10(6)16/h1-5H,(H,18,19). The molecule has 0 unspecified atom stereocenters. The largest absolute Gasteiger partial charge is 0.319 e. The summed E-state index contributed by atoms with van der Waals surface area (Å²) >= 11 is 2.81. The van der Waals surface area contributed by atoms with Gasteiger partial charge in [0.05, 0.1) is 21.9 Å². The summed E-state index contributed by atoms with van der Waals surface area (Å²) in [6.07, 6.45) is 2.07. The second-order valence-electron chi connectivity index (χ2n) is 3.56. The molecule has 0 atom stereocenters. The van der Waals surface area contributed by atoms with Crippen LogP contribution >= 0.6 is 15.9 Å². The van der Waals surface area contributed by atoms with Crippen molar-refractivity contribution in [2.45, 2.75) is 0 Å². The highest BCUT2D eigenvalue weighted by Gasteiger charge is 2.15. The third kappa shape index (κ3) is 2.93. The zero-order valence-corrected chi connectivity index (χ0v) is 10.8. The monoisotopic (exact) mass is 330 g/mol. The van der Waals surface area contributed by atoms with Crippen LogP contribution in [0, 0.1) is 17.5 Å². The van der Waals surface area contributed by atoms with Crippen molar-refractivity contribution < 1.29 is 18.0 Å². The number of amides is 1. The second kappa shape index (κ2) is 5.40. The number of nitrogens with zero attached hydrogens (tertiary/aromatic N) is 1. The van der Waals surface area contributed by atoms with Crippen molar-refractivity contribution in [2.75, 3.05) is 5.32 Å². The maximum Gasteiger partial charge on any atom is 0.258 e. The van der Waals surface area contributed by atoms with Gasteiger partial charge in [-0.15, -0.1) is 0 Å². The lowest BCUT2D eigenvalue weighted by Gasteiger charge is -2.07. The Morgan fingerprint density at radius 1 is 1.16 bits per heavy atom. The number of aromatic nitrogens is 1. The van der Waals surface area contributed by atoms with Crippen molar-refractivity contribution in [3.05, 3.63) is 58.1 Å². The number of halogens is 4. The summed E-state index contributed by atoms with van der Waals surface area (Å²) in [6.45, 7) is 0. The van der Waals surface area contributed by atoms with Gasteiger partial charge in [-0.1, -0.05) is 0 Å². The minimum atomic E-state index is -0.888. The molecule has 0 aliphatic rings. The van der Waals surface area contributed by atoms with Gasteiger partial charge in [0.15, 0.2) is 5.82 Å². The number of nitrogens with one attached hydrogen (secondary N) is 1. The van der Waals surface area contributed by atoms with Crippen molar-refractivity contribution in [2.24, 2.45) is 0 Å². The summed E-state index contributed by atoms with van der Waals surface area (Å²) < 4.78 is 39.9. The number of rotatable bonds is 2. The van der Waals surface area contributed by atoms with E-state index in [1.54, 1.807) is 0 Å². The lowest BCUT2D eigenvalue weighted by molar-refractivity contribution is 0.102. The number of anilines is 1. The highest BCUT2D eigenvalue weighted by Crippen LogP contribution is 2.23. The van der Waals surface area contributed by atoms with Crippen LogP contribution in [0.15, 0.2) is 35.1 Å². The third-order valence-corrected chi connectivity index (χ3v) is 2.88. The molecule has 1 heterocycles. The zero-order chi connectivity index (χ0) is 14.0. The van der Waals surface area contributed by atoms with Crippen molar-refractivity contribution in [3.8, 4) is 0 Å². The quantitative estimate of drug-likeness (QED) is 0.856. The number of hydrogen-bond donors (Lipinski definition) is 1. The van der Waals surface area contributed by atoms with E-state index in [9.17, 15) is 18.0 Å². The van der Waals surface area contributed by atoms with Crippen LogP contribution in [0.3, 0.4) is 0 Å². The van der Waals surface area contributed by atoms with Gasteiger partial charge in [0, 0.05) is 12.3 Å². The first-order chi connectivity index (χ1) is 8.99. The number of hydrogen-bond acceptors (Lipinski definition) is 2. The van der Waals surface area contributed by atoms with Crippen LogP contribution in [0.25, 0.3) is 0 Å². The van der Waals surface area contributed by atoms with Crippen molar-refractivity contribution in [3.63, 3.8) is 0 Å². The van der Waals surface area contributed by atoms with Gasteiger partial charge in [-0.25, -0.2) is 13.2 Å². The molecule has 19 heavy (non-hydrogen) atoms.